The lowest BCUT2D eigenvalue weighted by Gasteiger charge is -2.04. The summed E-state index contributed by atoms with van der Waals surface area (Å²) >= 11 is 0. The molecule has 1 N–H and O–H groups in total. The van der Waals surface area contributed by atoms with Crippen LogP contribution in [0.15, 0.2) is 35.3 Å². The van der Waals surface area contributed by atoms with E-state index < -0.39 is 0 Å². The molecule has 0 radical (unpaired) electrons. The van der Waals surface area contributed by atoms with E-state index in [0.29, 0.717) is 6.54 Å². The van der Waals surface area contributed by atoms with Gasteiger partial charge in [-0.15, -0.1) is 0 Å². The molecule has 0 fully saturated rings. The van der Waals surface area contributed by atoms with E-state index in [0.717, 1.165) is 30.8 Å². The van der Waals surface area contributed by atoms with Gasteiger partial charge >= 0.3 is 0 Å². The number of nitrogens with one attached hydrogen (secondary N) is 1. The first-order chi connectivity index (χ1) is 7.36. The number of hydrogen-bond acceptors (Lipinski definition) is 3. The topological polar surface area (TPSA) is 41.5 Å². The standard InChI is InChI=1S/C12H14N2O.ClH/c15-11(10-5-2-1-3-6-10)9-14-12-7-4-8-13-12;/h1-3,5-6H,4,7-9H2,(H,13,14);1H/p-1. The van der Waals surface area contributed by atoms with Crippen LogP contribution in [0.1, 0.15) is 23.2 Å². The van der Waals surface area contributed by atoms with Crippen molar-refractivity contribution in [1.82, 2.24) is 5.32 Å². The summed E-state index contributed by atoms with van der Waals surface area (Å²) in [5, 5.41) is 3.08. The molecule has 0 aliphatic carbocycles. The third kappa shape index (κ3) is 3.35. The average molecular weight is 238 g/mol. The molecule has 1 aromatic carbocycles. The number of benzene rings is 1. The van der Waals surface area contributed by atoms with Gasteiger partial charge in [0, 0.05) is 18.5 Å². The van der Waals surface area contributed by atoms with E-state index >= 15 is 0 Å². The fourth-order valence-corrected chi connectivity index (χ4v) is 1.59. The number of carbonyl (C=O) groups excluding carboxylic acids is 1. The summed E-state index contributed by atoms with van der Waals surface area (Å²) in [6, 6.07) is 9.33. The SMILES string of the molecule is O=C(CNC1=NCCC1)c1ccccc1.[Cl-]. The Balaban J connectivity index is 0.00000128. The van der Waals surface area contributed by atoms with Crippen molar-refractivity contribution in [2.45, 2.75) is 12.8 Å². The van der Waals surface area contributed by atoms with E-state index in [2.05, 4.69) is 10.3 Å². The van der Waals surface area contributed by atoms with E-state index in [1.54, 1.807) is 0 Å². The smallest absolute Gasteiger partial charge is 0.181 e. The lowest BCUT2D eigenvalue weighted by atomic mass is 10.1. The minimum atomic E-state index is 0. The van der Waals surface area contributed by atoms with Crippen LogP contribution in [0.4, 0.5) is 0 Å². The molecule has 16 heavy (non-hydrogen) atoms. The first kappa shape index (κ1) is 12.7. The lowest BCUT2D eigenvalue weighted by Crippen LogP contribution is -3.00. The Hall–Kier alpha value is -1.35. The summed E-state index contributed by atoms with van der Waals surface area (Å²) in [7, 11) is 0. The molecule has 1 heterocycles. The predicted octanol–water partition coefficient (Wildman–Crippen LogP) is -1.34. The number of rotatable bonds is 3. The van der Waals surface area contributed by atoms with Crippen molar-refractivity contribution in [3.8, 4) is 0 Å². The highest BCUT2D eigenvalue weighted by atomic mass is 35.5. The van der Waals surface area contributed by atoms with E-state index in [9.17, 15) is 4.79 Å². The Kier molecular flexibility index (Phi) is 4.99. The lowest BCUT2D eigenvalue weighted by molar-refractivity contribution is -0.0000107. The number of halogens is 1. The maximum absolute atomic E-state index is 11.7. The van der Waals surface area contributed by atoms with Crippen LogP contribution in [0.5, 0.6) is 0 Å². The van der Waals surface area contributed by atoms with Crippen LogP contribution in [-0.2, 0) is 0 Å². The molecule has 3 nitrogen and oxygen atoms in total. The summed E-state index contributed by atoms with van der Waals surface area (Å²) in [5.74, 6) is 1.09. The third-order valence-electron chi connectivity index (χ3n) is 2.42. The number of hydrogen-bond donors (Lipinski definition) is 1. The number of ketones is 1. The Labute approximate surface area is 101 Å². The normalized spacial score (nSPS) is 13.9. The van der Waals surface area contributed by atoms with Crippen molar-refractivity contribution in [3.05, 3.63) is 35.9 Å². The molecule has 1 aromatic rings. The van der Waals surface area contributed by atoms with Crippen LogP contribution in [0.25, 0.3) is 0 Å². The Morgan fingerprint density at radius 3 is 2.69 bits per heavy atom. The molecule has 0 bridgehead atoms. The molecule has 0 amide bonds. The largest absolute Gasteiger partial charge is 1.00 e. The van der Waals surface area contributed by atoms with Gasteiger partial charge < -0.3 is 17.7 Å². The van der Waals surface area contributed by atoms with Crippen LogP contribution in [0.3, 0.4) is 0 Å². The predicted molar refractivity (Wildman–Crippen MR) is 60.3 cm³/mol. The van der Waals surface area contributed by atoms with Crippen LogP contribution < -0.4 is 17.7 Å². The molecule has 4 heteroatoms. The van der Waals surface area contributed by atoms with Gasteiger partial charge in [0.2, 0.25) is 0 Å². The number of nitrogens with zero attached hydrogens (tertiary/aromatic N) is 1. The maximum atomic E-state index is 11.7. The maximum Gasteiger partial charge on any atom is 0.181 e. The molecule has 0 saturated heterocycles. The van der Waals surface area contributed by atoms with Gasteiger partial charge in [-0.3, -0.25) is 9.79 Å². The minimum Gasteiger partial charge on any atom is -1.00 e. The summed E-state index contributed by atoms with van der Waals surface area (Å²) in [4.78, 5) is 15.9. The van der Waals surface area contributed by atoms with E-state index in [1.807, 2.05) is 30.3 Å². The molecule has 0 atom stereocenters. The fourth-order valence-electron chi connectivity index (χ4n) is 1.59. The van der Waals surface area contributed by atoms with Gasteiger partial charge in [0.15, 0.2) is 5.78 Å². The average Bonchev–Trinajstić information content (AvgIpc) is 2.80. The van der Waals surface area contributed by atoms with Gasteiger partial charge in [0.25, 0.3) is 0 Å². The van der Waals surface area contributed by atoms with Gasteiger partial charge in [-0.05, 0) is 6.42 Å². The second-order valence-corrected chi connectivity index (χ2v) is 3.57. The van der Waals surface area contributed by atoms with Crippen molar-refractivity contribution in [1.29, 1.82) is 0 Å². The number of amidine groups is 1. The molecule has 0 unspecified atom stereocenters. The number of carbonyl (C=O) groups is 1. The van der Waals surface area contributed by atoms with Crippen LogP contribution in [0.2, 0.25) is 0 Å². The molecule has 86 valence electrons. The van der Waals surface area contributed by atoms with Crippen molar-refractivity contribution < 1.29 is 17.2 Å². The van der Waals surface area contributed by atoms with Crippen molar-refractivity contribution in [2.24, 2.45) is 4.99 Å². The van der Waals surface area contributed by atoms with Gasteiger partial charge in [0.05, 0.1) is 12.4 Å². The summed E-state index contributed by atoms with van der Waals surface area (Å²) < 4.78 is 0. The van der Waals surface area contributed by atoms with Crippen molar-refractivity contribution in [3.63, 3.8) is 0 Å². The third-order valence-corrected chi connectivity index (χ3v) is 2.42. The van der Waals surface area contributed by atoms with E-state index in [4.69, 9.17) is 0 Å². The second kappa shape index (κ2) is 6.28. The number of Topliss-reactive ketones (excluding diaryl/α,β-unsaturated/α-hetero) is 1. The Bertz CT molecular complexity index is 376. The quantitative estimate of drug-likeness (QED) is 0.661. The molecule has 2 rings (SSSR count). The van der Waals surface area contributed by atoms with Gasteiger partial charge in [-0.1, -0.05) is 30.3 Å². The van der Waals surface area contributed by atoms with E-state index in [-0.39, 0.29) is 18.2 Å². The molecule has 0 saturated carbocycles. The van der Waals surface area contributed by atoms with Gasteiger partial charge in [0.1, 0.15) is 0 Å². The van der Waals surface area contributed by atoms with Gasteiger partial charge in [-0.2, -0.15) is 0 Å². The minimum absolute atomic E-state index is 0. The number of aliphatic imine (C=N–C) groups is 1. The summed E-state index contributed by atoms with van der Waals surface area (Å²) in [6.45, 7) is 1.24. The van der Waals surface area contributed by atoms with Crippen LogP contribution in [-0.4, -0.2) is 24.7 Å². The van der Waals surface area contributed by atoms with E-state index in [1.165, 1.54) is 0 Å². The molecule has 1 aliphatic rings. The summed E-state index contributed by atoms with van der Waals surface area (Å²) in [5.41, 5.74) is 0.753. The first-order valence-corrected chi connectivity index (χ1v) is 5.22. The molecular formula is C12H14ClN2O-. The van der Waals surface area contributed by atoms with Crippen LogP contribution in [0, 0.1) is 0 Å². The Morgan fingerprint density at radius 1 is 1.31 bits per heavy atom. The second-order valence-electron chi connectivity index (χ2n) is 3.57. The molecule has 1 aliphatic heterocycles. The van der Waals surface area contributed by atoms with Crippen molar-refractivity contribution >= 4 is 11.6 Å². The highest BCUT2D eigenvalue weighted by Gasteiger charge is 2.08. The van der Waals surface area contributed by atoms with Gasteiger partial charge in [-0.25, -0.2) is 0 Å². The molecule has 0 spiro atoms. The monoisotopic (exact) mass is 237 g/mol. The van der Waals surface area contributed by atoms with Crippen molar-refractivity contribution in [2.75, 3.05) is 13.1 Å². The first-order valence-electron chi connectivity index (χ1n) is 5.22. The van der Waals surface area contributed by atoms with Crippen LogP contribution >= 0.6 is 0 Å². The zero-order valence-corrected chi connectivity index (χ0v) is 9.70. The zero-order valence-electron chi connectivity index (χ0n) is 8.95. The summed E-state index contributed by atoms with van der Waals surface area (Å²) in [6.07, 6.45) is 2.07. The highest BCUT2D eigenvalue weighted by molar-refractivity contribution is 5.99. The fraction of sp³-hybridized carbons (Fsp3) is 0.333. The highest BCUT2D eigenvalue weighted by Crippen LogP contribution is 2.02. The Morgan fingerprint density at radius 2 is 2.06 bits per heavy atom. The molecular weight excluding hydrogens is 224 g/mol. The molecule has 0 aromatic heterocycles. The zero-order chi connectivity index (χ0) is 10.5.